The van der Waals surface area contributed by atoms with E-state index in [2.05, 4.69) is 22.4 Å². The van der Waals surface area contributed by atoms with Gasteiger partial charge in [-0.15, -0.1) is 11.3 Å². The number of aryl methyl sites for hydroxylation is 3. The number of hydrogen-bond donors (Lipinski definition) is 2. The van der Waals surface area contributed by atoms with Crippen LogP contribution in [0.1, 0.15) is 29.0 Å². The smallest absolute Gasteiger partial charge is 0.243 e. The van der Waals surface area contributed by atoms with Crippen LogP contribution in [0.25, 0.3) is 0 Å². The maximum absolute atomic E-state index is 12.1. The SMILES string of the molecule is N[C@@H](CCc1ccccc1)C(=O)Nc1nc2c(s1)CCC2. The maximum Gasteiger partial charge on any atom is 0.243 e. The van der Waals surface area contributed by atoms with Crippen molar-refractivity contribution in [2.24, 2.45) is 5.73 Å². The monoisotopic (exact) mass is 301 g/mol. The van der Waals surface area contributed by atoms with Crippen molar-refractivity contribution in [3.05, 3.63) is 46.5 Å². The Hall–Kier alpha value is -1.72. The standard InChI is InChI=1S/C16H19N3OS/c17-12(10-9-11-5-2-1-3-6-11)15(20)19-16-18-13-7-4-8-14(13)21-16/h1-3,5-6,12H,4,7-10,17H2,(H,18,19,20)/t12-/m0/s1. The molecular formula is C16H19N3OS. The van der Waals surface area contributed by atoms with Gasteiger partial charge in [0.2, 0.25) is 5.91 Å². The molecule has 0 fully saturated rings. The molecule has 0 saturated carbocycles. The number of carbonyl (C=O) groups excluding carboxylic acids is 1. The van der Waals surface area contributed by atoms with Crippen LogP contribution in [0.2, 0.25) is 0 Å². The van der Waals surface area contributed by atoms with Crippen molar-refractivity contribution in [1.82, 2.24) is 4.98 Å². The molecule has 1 atom stereocenters. The molecule has 1 aliphatic carbocycles. The van der Waals surface area contributed by atoms with Gasteiger partial charge >= 0.3 is 0 Å². The van der Waals surface area contributed by atoms with Crippen LogP contribution in [-0.4, -0.2) is 16.9 Å². The van der Waals surface area contributed by atoms with Crippen molar-refractivity contribution in [2.45, 2.75) is 38.1 Å². The minimum absolute atomic E-state index is 0.140. The molecule has 4 nitrogen and oxygen atoms in total. The number of amides is 1. The second-order valence-electron chi connectivity index (χ2n) is 5.36. The van der Waals surface area contributed by atoms with E-state index < -0.39 is 6.04 Å². The second kappa shape index (κ2) is 6.37. The fourth-order valence-electron chi connectivity index (χ4n) is 2.54. The van der Waals surface area contributed by atoms with Gasteiger partial charge < -0.3 is 11.1 Å². The second-order valence-corrected chi connectivity index (χ2v) is 6.45. The molecule has 5 heteroatoms. The van der Waals surface area contributed by atoms with Gasteiger partial charge in [0.15, 0.2) is 5.13 Å². The van der Waals surface area contributed by atoms with Gasteiger partial charge in [-0.05, 0) is 37.7 Å². The van der Waals surface area contributed by atoms with Gasteiger partial charge in [0.1, 0.15) is 0 Å². The number of fused-ring (bicyclic) bond motifs is 1. The summed E-state index contributed by atoms with van der Waals surface area (Å²) in [6.07, 6.45) is 4.74. The normalized spacial score (nSPS) is 14.7. The zero-order valence-corrected chi connectivity index (χ0v) is 12.7. The van der Waals surface area contributed by atoms with E-state index in [1.54, 1.807) is 11.3 Å². The van der Waals surface area contributed by atoms with E-state index in [4.69, 9.17) is 5.73 Å². The molecule has 0 spiro atoms. The molecule has 1 amide bonds. The number of benzene rings is 1. The zero-order chi connectivity index (χ0) is 14.7. The summed E-state index contributed by atoms with van der Waals surface area (Å²) in [6.45, 7) is 0. The topological polar surface area (TPSA) is 68.0 Å². The van der Waals surface area contributed by atoms with E-state index in [1.165, 1.54) is 16.9 Å². The van der Waals surface area contributed by atoms with Crippen molar-refractivity contribution in [3.8, 4) is 0 Å². The molecule has 21 heavy (non-hydrogen) atoms. The average Bonchev–Trinajstić information content (AvgIpc) is 3.07. The molecule has 0 bridgehead atoms. The lowest BCUT2D eigenvalue weighted by molar-refractivity contribution is -0.117. The summed E-state index contributed by atoms with van der Waals surface area (Å²) < 4.78 is 0. The Labute approximate surface area is 128 Å². The Morgan fingerprint density at radius 3 is 2.90 bits per heavy atom. The minimum Gasteiger partial charge on any atom is -0.320 e. The molecule has 3 rings (SSSR count). The molecular weight excluding hydrogens is 282 g/mol. The van der Waals surface area contributed by atoms with Crippen LogP contribution < -0.4 is 11.1 Å². The van der Waals surface area contributed by atoms with E-state index in [0.717, 1.165) is 25.0 Å². The highest BCUT2D eigenvalue weighted by Crippen LogP contribution is 2.30. The van der Waals surface area contributed by atoms with Gasteiger partial charge in [-0.25, -0.2) is 4.98 Å². The lowest BCUT2D eigenvalue weighted by atomic mass is 10.1. The molecule has 1 heterocycles. The third kappa shape index (κ3) is 3.49. The van der Waals surface area contributed by atoms with Crippen LogP contribution in [0.4, 0.5) is 5.13 Å². The Morgan fingerprint density at radius 2 is 2.14 bits per heavy atom. The van der Waals surface area contributed by atoms with Gasteiger partial charge in [0.05, 0.1) is 11.7 Å². The Bertz CT molecular complexity index is 602. The molecule has 1 aliphatic rings. The van der Waals surface area contributed by atoms with Crippen molar-refractivity contribution in [3.63, 3.8) is 0 Å². The van der Waals surface area contributed by atoms with Gasteiger partial charge in [0.25, 0.3) is 0 Å². The van der Waals surface area contributed by atoms with Crippen LogP contribution in [0.15, 0.2) is 30.3 Å². The predicted molar refractivity (Wildman–Crippen MR) is 85.5 cm³/mol. The lowest BCUT2D eigenvalue weighted by Crippen LogP contribution is -2.36. The molecule has 2 aromatic rings. The number of anilines is 1. The summed E-state index contributed by atoms with van der Waals surface area (Å²) in [6, 6.07) is 9.59. The molecule has 0 unspecified atom stereocenters. The highest BCUT2D eigenvalue weighted by Gasteiger charge is 2.19. The molecule has 0 aliphatic heterocycles. The molecule has 0 saturated heterocycles. The number of nitrogens with two attached hydrogens (primary N) is 1. The zero-order valence-electron chi connectivity index (χ0n) is 11.8. The fraction of sp³-hybridized carbons (Fsp3) is 0.375. The van der Waals surface area contributed by atoms with E-state index in [1.807, 2.05) is 18.2 Å². The predicted octanol–water partition coefficient (Wildman–Crippen LogP) is 2.53. The Balaban J connectivity index is 1.52. The Kier molecular flexibility index (Phi) is 4.31. The van der Waals surface area contributed by atoms with E-state index in [0.29, 0.717) is 11.6 Å². The van der Waals surface area contributed by atoms with Gasteiger partial charge in [-0.1, -0.05) is 30.3 Å². The number of nitrogens with zero attached hydrogens (tertiary/aromatic N) is 1. The van der Waals surface area contributed by atoms with Crippen molar-refractivity contribution < 1.29 is 4.79 Å². The molecule has 3 N–H and O–H groups in total. The number of nitrogens with one attached hydrogen (secondary N) is 1. The van der Waals surface area contributed by atoms with E-state index in [-0.39, 0.29) is 5.91 Å². The maximum atomic E-state index is 12.1. The molecule has 0 radical (unpaired) electrons. The largest absolute Gasteiger partial charge is 0.320 e. The molecule has 1 aromatic carbocycles. The van der Waals surface area contributed by atoms with Gasteiger partial charge in [-0.2, -0.15) is 0 Å². The molecule has 1 aromatic heterocycles. The first kappa shape index (κ1) is 14.2. The summed E-state index contributed by atoms with van der Waals surface area (Å²) in [7, 11) is 0. The summed E-state index contributed by atoms with van der Waals surface area (Å²) in [5.74, 6) is -0.140. The van der Waals surface area contributed by atoms with Crippen LogP contribution in [-0.2, 0) is 24.1 Å². The Morgan fingerprint density at radius 1 is 1.33 bits per heavy atom. The minimum atomic E-state index is -0.496. The highest BCUT2D eigenvalue weighted by molar-refractivity contribution is 7.15. The number of carbonyl (C=O) groups is 1. The third-order valence-electron chi connectivity index (χ3n) is 3.75. The summed E-state index contributed by atoms with van der Waals surface area (Å²) in [5.41, 5.74) is 8.32. The van der Waals surface area contributed by atoms with Gasteiger partial charge in [0, 0.05) is 4.88 Å². The fourth-order valence-corrected chi connectivity index (χ4v) is 3.59. The van der Waals surface area contributed by atoms with Crippen LogP contribution in [0, 0.1) is 0 Å². The van der Waals surface area contributed by atoms with Crippen molar-refractivity contribution in [1.29, 1.82) is 0 Å². The van der Waals surface area contributed by atoms with Gasteiger partial charge in [-0.3, -0.25) is 4.79 Å². The number of aromatic nitrogens is 1. The summed E-state index contributed by atoms with van der Waals surface area (Å²) in [4.78, 5) is 17.9. The number of hydrogen-bond acceptors (Lipinski definition) is 4. The number of thiazole rings is 1. The number of rotatable bonds is 5. The average molecular weight is 301 g/mol. The quantitative estimate of drug-likeness (QED) is 0.891. The third-order valence-corrected chi connectivity index (χ3v) is 4.82. The molecule has 110 valence electrons. The lowest BCUT2D eigenvalue weighted by Gasteiger charge is -2.10. The summed E-state index contributed by atoms with van der Waals surface area (Å²) in [5, 5.41) is 3.55. The van der Waals surface area contributed by atoms with Crippen molar-refractivity contribution >= 4 is 22.4 Å². The van der Waals surface area contributed by atoms with E-state index >= 15 is 0 Å². The first-order valence-corrected chi connectivity index (χ1v) is 8.13. The first-order valence-electron chi connectivity index (χ1n) is 7.31. The van der Waals surface area contributed by atoms with Crippen LogP contribution in [0.5, 0.6) is 0 Å². The summed E-state index contributed by atoms with van der Waals surface area (Å²) >= 11 is 1.58. The van der Waals surface area contributed by atoms with Crippen molar-refractivity contribution in [2.75, 3.05) is 5.32 Å². The first-order chi connectivity index (χ1) is 10.2. The van der Waals surface area contributed by atoms with E-state index in [9.17, 15) is 4.79 Å². The highest BCUT2D eigenvalue weighted by atomic mass is 32.1. The van der Waals surface area contributed by atoms with Crippen LogP contribution in [0.3, 0.4) is 0 Å². The van der Waals surface area contributed by atoms with Crippen LogP contribution >= 0.6 is 11.3 Å².